The first-order valence-corrected chi connectivity index (χ1v) is 7.03. The van der Waals surface area contributed by atoms with Crippen LogP contribution in [0.2, 0.25) is 0 Å². The summed E-state index contributed by atoms with van der Waals surface area (Å²) in [5, 5.41) is 0. The summed E-state index contributed by atoms with van der Waals surface area (Å²) in [7, 11) is 1.63. The Bertz CT molecular complexity index is 635. The number of carbonyl (C=O) groups is 1. The highest BCUT2D eigenvalue weighted by Crippen LogP contribution is 2.27. The van der Waals surface area contributed by atoms with Gasteiger partial charge in [0.1, 0.15) is 5.75 Å². The number of rotatable bonds is 5. The van der Waals surface area contributed by atoms with Gasteiger partial charge in [0, 0.05) is 12.1 Å². The van der Waals surface area contributed by atoms with Gasteiger partial charge < -0.3 is 10.5 Å². The summed E-state index contributed by atoms with van der Waals surface area (Å²) in [4.78, 5) is 12.8. The normalized spacial score (nSPS) is 12.0. The molecule has 21 heavy (non-hydrogen) atoms. The summed E-state index contributed by atoms with van der Waals surface area (Å²) in [6.45, 7) is 4.16. The van der Waals surface area contributed by atoms with Crippen LogP contribution in [0.3, 0.4) is 0 Å². The summed E-state index contributed by atoms with van der Waals surface area (Å²) in [5.41, 5.74) is 9.38. The summed E-state index contributed by atoms with van der Waals surface area (Å²) in [6.07, 6.45) is 0. The second kappa shape index (κ2) is 6.55. The minimum absolute atomic E-state index is 0.0620. The Morgan fingerprint density at radius 1 is 1.14 bits per heavy atom. The molecule has 0 heterocycles. The first kappa shape index (κ1) is 15.3. The number of methoxy groups -OCH3 is 1. The van der Waals surface area contributed by atoms with Gasteiger partial charge in [-0.25, -0.2) is 0 Å². The summed E-state index contributed by atoms with van der Waals surface area (Å²) in [6, 6.07) is 13.5. The van der Waals surface area contributed by atoms with Gasteiger partial charge in [-0.3, -0.25) is 4.79 Å². The maximum atomic E-state index is 12.8. The van der Waals surface area contributed by atoms with E-state index in [9.17, 15) is 4.79 Å². The first-order valence-electron chi connectivity index (χ1n) is 7.03. The summed E-state index contributed by atoms with van der Waals surface area (Å²) >= 11 is 0. The molecule has 2 aromatic carbocycles. The number of hydrogen-bond acceptors (Lipinski definition) is 3. The fraction of sp³-hybridized carbons (Fsp3) is 0.278. The molecule has 0 aromatic heterocycles. The average molecular weight is 283 g/mol. The van der Waals surface area contributed by atoms with E-state index < -0.39 is 0 Å². The van der Waals surface area contributed by atoms with E-state index in [1.165, 1.54) is 0 Å². The van der Waals surface area contributed by atoms with E-state index in [1.807, 2.05) is 56.3 Å². The molecule has 1 unspecified atom stereocenters. The lowest BCUT2D eigenvalue weighted by molar-refractivity contribution is 0.0961. The number of Topliss-reactive ketones (excluding diaryl/α,β-unsaturated/α-hetero) is 1. The van der Waals surface area contributed by atoms with Crippen molar-refractivity contribution in [1.82, 2.24) is 0 Å². The van der Waals surface area contributed by atoms with Crippen LogP contribution in [-0.4, -0.2) is 19.4 Å². The smallest absolute Gasteiger partial charge is 0.171 e. The summed E-state index contributed by atoms with van der Waals surface area (Å²) < 4.78 is 5.30. The number of ketones is 1. The Kier molecular flexibility index (Phi) is 4.76. The van der Waals surface area contributed by atoms with E-state index in [1.54, 1.807) is 7.11 Å². The standard InChI is InChI=1S/C18H21NO2/c1-12-10-17(21-3)13(2)9-15(12)18(20)16(11-19)14-7-5-4-6-8-14/h4-10,16H,11,19H2,1-3H3. The van der Waals surface area contributed by atoms with E-state index in [2.05, 4.69) is 0 Å². The SMILES string of the molecule is COc1cc(C)c(C(=O)C(CN)c2ccccc2)cc1C. The number of aryl methyl sites for hydroxylation is 2. The molecule has 0 aliphatic carbocycles. The lowest BCUT2D eigenvalue weighted by atomic mass is 9.88. The number of ether oxygens (including phenoxy) is 1. The van der Waals surface area contributed by atoms with Crippen molar-refractivity contribution in [2.75, 3.05) is 13.7 Å². The third-order valence-electron chi connectivity index (χ3n) is 3.76. The molecule has 0 fully saturated rings. The van der Waals surface area contributed by atoms with Crippen molar-refractivity contribution in [1.29, 1.82) is 0 Å². The van der Waals surface area contributed by atoms with Crippen LogP contribution < -0.4 is 10.5 Å². The van der Waals surface area contributed by atoms with Gasteiger partial charge in [0.25, 0.3) is 0 Å². The number of hydrogen-bond donors (Lipinski definition) is 1. The van der Waals surface area contributed by atoms with Crippen molar-refractivity contribution in [2.24, 2.45) is 5.73 Å². The van der Waals surface area contributed by atoms with Crippen LogP contribution >= 0.6 is 0 Å². The van der Waals surface area contributed by atoms with E-state index in [4.69, 9.17) is 10.5 Å². The number of nitrogens with two attached hydrogens (primary N) is 1. The van der Waals surface area contributed by atoms with Gasteiger partial charge in [-0.05, 0) is 42.7 Å². The molecule has 2 N–H and O–H groups in total. The first-order chi connectivity index (χ1) is 10.1. The fourth-order valence-corrected chi connectivity index (χ4v) is 2.54. The van der Waals surface area contributed by atoms with Gasteiger partial charge in [-0.1, -0.05) is 30.3 Å². The minimum Gasteiger partial charge on any atom is -0.496 e. The number of benzene rings is 2. The average Bonchev–Trinajstić information content (AvgIpc) is 2.50. The lowest BCUT2D eigenvalue weighted by Gasteiger charge is -2.17. The van der Waals surface area contributed by atoms with Gasteiger partial charge in [0.15, 0.2) is 5.78 Å². The maximum Gasteiger partial charge on any atom is 0.171 e. The van der Waals surface area contributed by atoms with Crippen molar-refractivity contribution >= 4 is 5.78 Å². The molecule has 0 amide bonds. The molecule has 110 valence electrons. The van der Waals surface area contributed by atoms with Crippen molar-refractivity contribution in [3.05, 3.63) is 64.7 Å². The second-order valence-electron chi connectivity index (χ2n) is 5.20. The van der Waals surface area contributed by atoms with Crippen molar-refractivity contribution < 1.29 is 9.53 Å². The summed E-state index contributed by atoms with van der Waals surface area (Å²) in [5.74, 6) is 0.553. The van der Waals surface area contributed by atoms with E-state index in [-0.39, 0.29) is 11.7 Å². The third-order valence-corrected chi connectivity index (χ3v) is 3.76. The van der Waals surface area contributed by atoms with Crippen molar-refractivity contribution in [3.63, 3.8) is 0 Å². The molecule has 0 spiro atoms. The third kappa shape index (κ3) is 3.14. The van der Waals surface area contributed by atoms with Crippen LogP contribution in [-0.2, 0) is 0 Å². The molecule has 3 heteroatoms. The Hall–Kier alpha value is -2.13. The molecular formula is C18H21NO2. The minimum atomic E-state index is -0.308. The quantitative estimate of drug-likeness (QED) is 0.857. The molecule has 0 bridgehead atoms. The highest BCUT2D eigenvalue weighted by molar-refractivity contribution is 6.02. The van der Waals surface area contributed by atoms with Crippen LogP contribution in [0.25, 0.3) is 0 Å². The highest BCUT2D eigenvalue weighted by atomic mass is 16.5. The predicted molar refractivity (Wildman–Crippen MR) is 85.0 cm³/mol. The van der Waals surface area contributed by atoms with Gasteiger partial charge in [0.2, 0.25) is 0 Å². The molecule has 0 aliphatic heterocycles. The molecule has 3 nitrogen and oxygen atoms in total. The van der Waals surface area contributed by atoms with E-state index >= 15 is 0 Å². The van der Waals surface area contributed by atoms with Crippen molar-refractivity contribution in [2.45, 2.75) is 19.8 Å². The Balaban J connectivity index is 2.41. The monoisotopic (exact) mass is 283 g/mol. The Labute approximate surface area is 125 Å². The Morgan fingerprint density at radius 2 is 1.81 bits per heavy atom. The number of carbonyl (C=O) groups excluding carboxylic acids is 1. The molecule has 0 radical (unpaired) electrons. The van der Waals surface area contributed by atoms with Crippen LogP contribution in [0.1, 0.15) is 33.0 Å². The highest BCUT2D eigenvalue weighted by Gasteiger charge is 2.22. The second-order valence-corrected chi connectivity index (χ2v) is 5.20. The zero-order valence-corrected chi connectivity index (χ0v) is 12.7. The van der Waals surface area contributed by atoms with E-state index in [0.717, 1.165) is 22.4 Å². The topological polar surface area (TPSA) is 52.3 Å². The van der Waals surface area contributed by atoms with Crippen molar-refractivity contribution in [3.8, 4) is 5.75 Å². The molecule has 0 saturated heterocycles. The van der Waals surface area contributed by atoms with Crippen LogP contribution in [0.15, 0.2) is 42.5 Å². The zero-order chi connectivity index (χ0) is 15.4. The van der Waals surface area contributed by atoms with Crippen LogP contribution in [0, 0.1) is 13.8 Å². The van der Waals surface area contributed by atoms with Gasteiger partial charge >= 0.3 is 0 Å². The predicted octanol–water partition coefficient (Wildman–Crippen LogP) is 3.24. The lowest BCUT2D eigenvalue weighted by Crippen LogP contribution is -2.22. The molecule has 0 saturated carbocycles. The van der Waals surface area contributed by atoms with E-state index in [0.29, 0.717) is 12.1 Å². The van der Waals surface area contributed by atoms with Crippen LogP contribution in [0.5, 0.6) is 5.75 Å². The van der Waals surface area contributed by atoms with Gasteiger partial charge in [-0.15, -0.1) is 0 Å². The molecular weight excluding hydrogens is 262 g/mol. The zero-order valence-electron chi connectivity index (χ0n) is 12.7. The molecule has 2 aromatic rings. The largest absolute Gasteiger partial charge is 0.496 e. The molecule has 2 rings (SSSR count). The fourth-order valence-electron chi connectivity index (χ4n) is 2.54. The molecule has 0 aliphatic rings. The van der Waals surface area contributed by atoms with Gasteiger partial charge in [0.05, 0.1) is 13.0 Å². The molecule has 1 atom stereocenters. The van der Waals surface area contributed by atoms with Crippen LogP contribution in [0.4, 0.5) is 0 Å². The van der Waals surface area contributed by atoms with Gasteiger partial charge in [-0.2, -0.15) is 0 Å². The maximum absolute atomic E-state index is 12.8. The Morgan fingerprint density at radius 3 is 2.38 bits per heavy atom.